The van der Waals surface area contributed by atoms with Gasteiger partial charge in [0.15, 0.2) is 0 Å². The lowest BCUT2D eigenvalue weighted by Gasteiger charge is -2.34. The zero-order valence-corrected chi connectivity index (χ0v) is 18.1. The molecule has 2 saturated heterocycles. The van der Waals surface area contributed by atoms with Crippen LogP contribution in [0.1, 0.15) is 52.4 Å². The van der Waals surface area contributed by atoms with E-state index in [9.17, 15) is 29.1 Å². The molecule has 11 nitrogen and oxygen atoms in total. The first-order chi connectivity index (χ1) is 14.6. The van der Waals surface area contributed by atoms with Crippen LogP contribution in [0.3, 0.4) is 0 Å². The molecule has 2 aliphatic rings. The van der Waals surface area contributed by atoms with Gasteiger partial charge in [0, 0.05) is 13.1 Å². The van der Waals surface area contributed by atoms with Gasteiger partial charge in [-0.2, -0.15) is 0 Å². The number of likely N-dealkylation sites (tertiary alicyclic amines) is 2. The minimum absolute atomic E-state index is 0.243. The Morgan fingerprint density at radius 3 is 2.19 bits per heavy atom. The van der Waals surface area contributed by atoms with E-state index in [0.717, 1.165) is 0 Å². The van der Waals surface area contributed by atoms with Gasteiger partial charge >= 0.3 is 5.97 Å². The molecule has 0 radical (unpaired) electrons. The van der Waals surface area contributed by atoms with Gasteiger partial charge in [-0.1, -0.05) is 20.3 Å². The molecule has 0 bridgehead atoms. The van der Waals surface area contributed by atoms with Crippen LogP contribution in [-0.4, -0.2) is 81.8 Å². The topological polar surface area (TPSA) is 176 Å². The summed E-state index contributed by atoms with van der Waals surface area (Å²) >= 11 is 0. The molecule has 6 N–H and O–H groups in total. The normalized spacial score (nSPS) is 23.8. The number of nitrogens with zero attached hydrogens (tertiary/aromatic N) is 2. The molecule has 4 amide bonds. The Hall–Kier alpha value is -2.69. The number of aliphatic carboxylic acids is 1. The molecule has 0 saturated carbocycles. The summed E-state index contributed by atoms with van der Waals surface area (Å²) in [5.74, 6) is -3.45. The van der Waals surface area contributed by atoms with Crippen molar-refractivity contribution in [2.24, 2.45) is 17.4 Å². The maximum Gasteiger partial charge on any atom is 0.326 e. The monoisotopic (exact) mass is 439 g/mol. The Kier molecular flexibility index (Phi) is 8.37. The van der Waals surface area contributed by atoms with E-state index in [1.807, 2.05) is 6.92 Å². The number of primary amides is 1. The predicted molar refractivity (Wildman–Crippen MR) is 110 cm³/mol. The summed E-state index contributed by atoms with van der Waals surface area (Å²) in [4.78, 5) is 64.2. The summed E-state index contributed by atoms with van der Waals surface area (Å²) in [6.45, 7) is 4.36. The lowest BCUT2D eigenvalue weighted by Crippen LogP contribution is -2.58. The summed E-state index contributed by atoms with van der Waals surface area (Å²) in [5.41, 5.74) is 10.8. The molecule has 0 aromatic heterocycles. The zero-order chi connectivity index (χ0) is 23.3. The molecule has 174 valence electrons. The molecule has 2 heterocycles. The highest BCUT2D eigenvalue weighted by molar-refractivity contribution is 5.95. The molecule has 5 unspecified atom stereocenters. The van der Waals surface area contributed by atoms with Crippen LogP contribution in [0, 0.1) is 5.92 Å². The number of rotatable bonds is 9. The van der Waals surface area contributed by atoms with Crippen molar-refractivity contribution >= 4 is 29.6 Å². The number of nitrogens with one attached hydrogen (secondary N) is 1. The number of carboxylic acid groups (broad SMARTS) is 1. The van der Waals surface area contributed by atoms with Crippen molar-refractivity contribution < 1.29 is 29.1 Å². The van der Waals surface area contributed by atoms with Crippen LogP contribution in [0.2, 0.25) is 0 Å². The lowest BCUT2D eigenvalue weighted by molar-refractivity contribution is -0.152. The third kappa shape index (κ3) is 5.72. The number of carbonyl (C=O) groups is 5. The number of hydrogen-bond donors (Lipinski definition) is 4. The van der Waals surface area contributed by atoms with Gasteiger partial charge < -0.3 is 31.7 Å². The molecule has 0 spiro atoms. The van der Waals surface area contributed by atoms with E-state index in [1.165, 1.54) is 9.80 Å². The average molecular weight is 440 g/mol. The fourth-order valence-corrected chi connectivity index (χ4v) is 4.20. The van der Waals surface area contributed by atoms with Crippen LogP contribution < -0.4 is 16.8 Å². The van der Waals surface area contributed by atoms with E-state index in [2.05, 4.69) is 5.32 Å². The summed E-state index contributed by atoms with van der Waals surface area (Å²) in [6, 6.07) is -3.72. The van der Waals surface area contributed by atoms with Gasteiger partial charge in [0.25, 0.3) is 0 Å². The summed E-state index contributed by atoms with van der Waals surface area (Å²) < 4.78 is 0. The standard InChI is InChI=1S/C20H33N5O6/c1-3-11(2)16(23-17(27)12(21)10-15(22)26)19(29)24-8-4-6-13(24)18(28)25-9-5-7-14(25)20(30)31/h11-14,16H,3-10,21H2,1-2H3,(H2,22,26)(H,23,27)(H,30,31). The van der Waals surface area contributed by atoms with Gasteiger partial charge in [-0.25, -0.2) is 4.79 Å². The van der Waals surface area contributed by atoms with Crippen molar-refractivity contribution in [2.45, 2.75) is 76.5 Å². The Bertz CT molecular complexity index is 729. The highest BCUT2D eigenvalue weighted by Crippen LogP contribution is 2.26. The van der Waals surface area contributed by atoms with Gasteiger partial charge in [-0.15, -0.1) is 0 Å². The molecular weight excluding hydrogens is 406 g/mol. The third-order valence-corrected chi connectivity index (χ3v) is 6.18. The summed E-state index contributed by atoms with van der Waals surface area (Å²) in [6.07, 6.45) is 2.29. The Morgan fingerprint density at radius 2 is 1.65 bits per heavy atom. The van der Waals surface area contributed by atoms with Crippen molar-refractivity contribution in [2.75, 3.05) is 13.1 Å². The van der Waals surface area contributed by atoms with E-state index in [-0.39, 0.29) is 18.2 Å². The maximum absolute atomic E-state index is 13.4. The molecular formula is C20H33N5O6. The van der Waals surface area contributed by atoms with Crippen LogP contribution in [0.4, 0.5) is 0 Å². The Morgan fingerprint density at radius 1 is 1.06 bits per heavy atom. The quantitative estimate of drug-likeness (QED) is 0.348. The summed E-state index contributed by atoms with van der Waals surface area (Å²) in [7, 11) is 0. The Balaban J connectivity index is 2.17. The molecule has 2 fully saturated rings. The molecule has 0 aromatic rings. The number of hydrogen-bond acceptors (Lipinski definition) is 6. The van der Waals surface area contributed by atoms with Crippen molar-refractivity contribution in [3.63, 3.8) is 0 Å². The minimum atomic E-state index is -1.17. The zero-order valence-electron chi connectivity index (χ0n) is 18.1. The lowest BCUT2D eigenvalue weighted by atomic mass is 9.96. The average Bonchev–Trinajstić information content (AvgIpc) is 3.39. The van der Waals surface area contributed by atoms with Crippen LogP contribution in [-0.2, 0) is 24.0 Å². The number of nitrogens with two attached hydrogens (primary N) is 2. The fraction of sp³-hybridized carbons (Fsp3) is 0.750. The third-order valence-electron chi connectivity index (χ3n) is 6.18. The number of amides is 4. The molecule has 0 aromatic carbocycles. The van der Waals surface area contributed by atoms with Crippen LogP contribution >= 0.6 is 0 Å². The largest absolute Gasteiger partial charge is 0.480 e. The molecule has 31 heavy (non-hydrogen) atoms. The smallest absolute Gasteiger partial charge is 0.326 e. The van der Waals surface area contributed by atoms with Gasteiger partial charge in [0.1, 0.15) is 18.1 Å². The van der Waals surface area contributed by atoms with E-state index in [0.29, 0.717) is 45.2 Å². The minimum Gasteiger partial charge on any atom is -0.480 e. The highest BCUT2D eigenvalue weighted by atomic mass is 16.4. The summed E-state index contributed by atoms with van der Waals surface area (Å²) in [5, 5.41) is 12.0. The van der Waals surface area contributed by atoms with Crippen molar-refractivity contribution in [3.05, 3.63) is 0 Å². The van der Waals surface area contributed by atoms with Crippen LogP contribution in [0.5, 0.6) is 0 Å². The van der Waals surface area contributed by atoms with E-state index in [1.54, 1.807) is 6.92 Å². The SMILES string of the molecule is CCC(C)C(NC(=O)C(N)CC(N)=O)C(=O)N1CCCC1C(=O)N1CCCC1C(=O)O. The number of carboxylic acids is 1. The van der Waals surface area contributed by atoms with E-state index in [4.69, 9.17) is 11.5 Å². The second-order valence-corrected chi connectivity index (χ2v) is 8.37. The first-order valence-corrected chi connectivity index (χ1v) is 10.8. The Labute approximate surface area is 181 Å². The molecule has 2 aliphatic heterocycles. The van der Waals surface area contributed by atoms with Gasteiger partial charge in [0.05, 0.1) is 12.5 Å². The van der Waals surface area contributed by atoms with E-state index < -0.39 is 47.9 Å². The van der Waals surface area contributed by atoms with Crippen molar-refractivity contribution in [3.8, 4) is 0 Å². The second-order valence-electron chi connectivity index (χ2n) is 8.37. The predicted octanol–water partition coefficient (Wildman–Crippen LogP) is -1.21. The first kappa shape index (κ1) is 24.6. The highest BCUT2D eigenvalue weighted by Gasteiger charge is 2.44. The first-order valence-electron chi connectivity index (χ1n) is 10.8. The molecule has 2 rings (SSSR count). The van der Waals surface area contributed by atoms with Crippen LogP contribution in [0.25, 0.3) is 0 Å². The van der Waals surface area contributed by atoms with Gasteiger partial charge in [0.2, 0.25) is 23.6 Å². The van der Waals surface area contributed by atoms with Crippen LogP contribution in [0.15, 0.2) is 0 Å². The van der Waals surface area contributed by atoms with E-state index >= 15 is 0 Å². The van der Waals surface area contributed by atoms with Crippen molar-refractivity contribution in [1.82, 2.24) is 15.1 Å². The van der Waals surface area contributed by atoms with Gasteiger partial charge in [-0.05, 0) is 31.6 Å². The second kappa shape index (κ2) is 10.6. The van der Waals surface area contributed by atoms with Crippen molar-refractivity contribution in [1.29, 1.82) is 0 Å². The molecule has 5 atom stereocenters. The number of carbonyl (C=O) groups excluding carboxylic acids is 4. The van der Waals surface area contributed by atoms with Gasteiger partial charge in [-0.3, -0.25) is 19.2 Å². The maximum atomic E-state index is 13.4. The fourth-order valence-electron chi connectivity index (χ4n) is 4.20. The molecule has 0 aliphatic carbocycles. The molecule has 11 heteroatoms.